The summed E-state index contributed by atoms with van der Waals surface area (Å²) in [6.07, 6.45) is 1.82. The summed E-state index contributed by atoms with van der Waals surface area (Å²) in [5.74, 6) is 0.976. The monoisotopic (exact) mass is 325 g/mol. The highest BCUT2D eigenvalue weighted by Crippen LogP contribution is 2.29. The fraction of sp³-hybridized carbons (Fsp3) is 0.222. The van der Waals surface area contributed by atoms with Crippen LogP contribution in [0.4, 0.5) is 5.82 Å². The Morgan fingerprint density at radius 2 is 1.83 bits per heavy atom. The number of benzene rings is 1. The van der Waals surface area contributed by atoms with Gasteiger partial charge in [0, 0.05) is 35.3 Å². The summed E-state index contributed by atoms with van der Waals surface area (Å²) in [5, 5.41) is 1.80. The molecule has 0 atom stereocenters. The molecular formula is C18H16ClN3O. The molecule has 0 saturated carbocycles. The van der Waals surface area contributed by atoms with Crippen LogP contribution in [-0.2, 0) is 4.74 Å². The van der Waals surface area contributed by atoms with Crippen molar-refractivity contribution < 1.29 is 4.74 Å². The molecule has 1 fully saturated rings. The minimum atomic E-state index is 0.723. The Morgan fingerprint density at radius 3 is 2.61 bits per heavy atom. The van der Waals surface area contributed by atoms with Gasteiger partial charge in [0.25, 0.3) is 0 Å². The van der Waals surface area contributed by atoms with Gasteiger partial charge >= 0.3 is 0 Å². The number of ether oxygens (including phenoxy) is 1. The number of anilines is 1. The summed E-state index contributed by atoms with van der Waals surface area (Å²) in [6.45, 7) is 3.16. The van der Waals surface area contributed by atoms with Gasteiger partial charge in [-0.1, -0.05) is 23.7 Å². The predicted molar refractivity (Wildman–Crippen MR) is 93.0 cm³/mol. The first-order valence-corrected chi connectivity index (χ1v) is 8.03. The number of morpholine rings is 1. The van der Waals surface area contributed by atoms with Gasteiger partial charge in [0.05, 0.1) is 24.4 Å². The van der Waals surface area contributed by atoms with Gasteiger partial charge in [0.1, 0.15) is 5.82 Å². The molecule has 1 aliphatic rings. The van der Waals surface area contributed by atoms with E-state index in [1.165, 1.54) is 0 Å². The third-order valence-corrected chi connectivity index (χ3v) is 4.28. The molecule has 2 aromatic heterocycles. The minimum Gasteiger partial charge on any atom is -0.378 e. The average Bonchev–Trinajstić information content (AvgIpc) is 2.62. The SMILES string of the molecule is Clc1ccc(-c2cc3ncccc3c(N3CCOCC3)n2)cc1. The van der Waals surface area contributed by atoms with E-state index in [0.29, 0.717) is 0 Å². The number of rotatable bonds is 2. The molecule has 23 heavy (non-hydrogen) atoms. The summed E-state index contributed by atoms with van der Waals surface area (Å²) in [6, 6.07) is 13.8. The van der Waals surface area contributed by atoms with Crippen LogP contribution in [0.15, 0.2) is 48.7 Å². The van der Waals surface area contributed by atoms with Gasteiger partial charge in [-0.2, -0.15) is 0 Å². The van der Waals surface area contributed by atoms with E-state index in [4.69, 9.17) is 21.3 Å². The van der Waals surface area contributed by atoms with Crippen LogP contribution < -0.4 is 4.90 Å². The van der Waals surface area contributed by atoms with E-state index in [-0.39, 0.29) is 0 Å². The van der Waals surface area contributed by atoms with E-state index in [2.05, 4.69) is 16.0 Å². The van der Waals surface area contributed by atoms with Gasteiger partial charge in [-0.25, -0.2) is 4.98 Å². The van der Waals surface area contributed by atoms with E-state index < -0.39 is 0 Å². The first kappa shape index (κ1) is 14.4. The zero-order valence-electron chi connectivity index (χ0n) is 12.6. The maximum atomic E-state index is 5.99. The average molecular weight is 326 g/mol. The van der Waals surface area contributed by atoms with E-state index in [9.17, 15) is 0 Å². The fourth-order valence-corrected chi connectivity index (χ4v) is 2.97. The van der Waals surface area contributed by atoms with E-state index in [0.717, 1.165) is 59.3 Å². The molecule has 1 aliphatic heterocycles. The van der Waals surface area contributed by atoms with Crippen LogP contribution in [0.5, 0.6) is 0 Å². The Kier molecular flexibility index (Phi) is 3.85. The summed E-state index contributed by atoms with van der Waals surface area (Å²) < 4.78 is 5.46. The number of hydrogen-bond donors (Lipinski definition) is 0. The zero-order valence-corrected chi connectivity index (χ0v) is 13.3. The Morgan fingerprint density at radius 1 is 1.04 bits per heavy atom. The maximum Gasteiger partial charge on any atom is 0.138 e. The number of hydrogen-bond acceptors (Lipinski definition) is 4. The molecule has 0 aliphatic carbocycles. The Bertz CT molecular complexity index is 829. The minimum absolute atomic E-state index is 0.723. The highest BCUT2D eigenvalue weighted by Gasteiger charge is 2.17. The van der Waals surface area contributed by atoms with E-state index in [1.807, 2.05) is 42.6 Å². The quantitative estimate of drug-likeness (QED) is 0.718. The van der Waals surface area contributed by atoms with Crippen molar-refractivity contribution in [3.05, 3.63) is 53.7 Å². The van der Waals surface area contributed by atoms with Gasteiger partial charge in [-0.3, -0.25) is 4.98 Å². The molecule has 0 N–H and O–H groups in total. The smallest absolute Gasteiger partial charge is 0.138 e. The summed E-state index contributed by atoms with van der Waals surface area (Å²) in [7, 11) is 0. The predicted octanol–water partition coefficient (Wildman–Crippen LogP) is 3.79. The Hall–Kier alpha value is -2.17. The maximum absolute atomic E-state index is 5.99. The first-order valence-electron chi connectivity index (χ1n) is 7.66. The number of halogens is 1. The lowest BCUT2D eigenvalue weighted by molar-refractivity contribution is 0.122. The summed E-state index contributed by atoms with van der Waals surface area (Å²) >= 11 is 5.99. The standard InChI is InChI=1S/C18H16ClN3O/c19-14-5-3-13(4-6-14)16-12-17-15(2-1-7-20-17)18(21-16)22-8-10-23-11-9-22/h1-7,12H,8-11H2. The molecule has 5 heteroatoms. The van der Waals surface area contributed by atoms with Crippen LogP contribution in [0.3, 0.4) is 0 Å². The molecule has 0 unspecified atom stereocenters. The second-order valence-corrected chi connectivity index (χ2v) is 5.94. The lowest BCUT2D eigenvalue weighted by atomic mass is 10.1. The van der Waals surface area contributed by atoms with Crippen LogP contribution in [0.2, 0.25) is 5.02 Å². The van der Waals surface area contributed by atoms with Gasteiger partial charge in [0.2, 0.25) is 0 Å². The number of pyridine rings is 2. The molecule has 3 heterocycles. The van der Waals surface area contributed by atoms with Crippen molar-refractivity contribution in [2.24, 2.45) is 0 Å². The number of nitrogens with zero attached hydrogens (tertiary/aromatic N) is 3. The highest BCUT2D eigenvalue weighted by molar-refractivity contribution is 6.30. The molecule has 116 valence electrons. The van der Waals surface area contributed by atoms with Crippen molar-refractivity contribution in [2.45, 2.75) is 0 Å². The molecule has 4 nitrogen and oxygen atoms in total. The van der Waals surface area contributed by atoms with Crippen molar-refractivity contribution in [1.82, 2.24) is 9.97 Å². The molecule has 0 spiro atoms. The van der Waals surface area contributed by atoms with Gasteiger partial charge < -0.3 is 9.64 Å². The highest BCUT2D eigenvalue weighted by atomic mass is 35.5. The van der Waals surface area contributed by atoms with Gasteiger partial charge in [-0.05, 0) is 30.3 Å². The van der Waals surface area contributed by atoms with Crippen LogP contribution in [0.1, 0.15) is 0 Å². The molecular weight excluding hydrogens is 310 g/mol. The lowest BCUT2D eigenvalue weighted by Crippen LogP contribution is -2.37. The largest absolute Gasteiger partial charge is 0.378 e. The van der Waals surface area contributed by atoms with E-state index >= 15 is 0 Å². The third-order valence-electron chi connectivity index (χ3n) is 4.03. The molecule has 0 bridgehead atoms. The van der Waals surface area contributed by atoms with Crippen LogP contribution >= 0.6 is 11.6 Å². The topological polar surface area (TPSA) is 38.2 Å². The third kappa shape index (κ3) is 2.87. The second kappa shape index (κ2) is 6.14. The van der Waals surface area contributed by atoms with Crippen molar-refractivity contribution in [3.8, 4) is 11.3 Å². The van der Waals surface area contributed by atoms with Crippen molar-refractivity contribution in [1.29, 1.82) is 0 Å². The Labute approximate surface area is 139 Å². The zero-order chi connectivity index (χ0) is 15.6. The summed E-state index contributed by atoms with van der Waals surface area (Å²) in [4.78, 5) is 11.7. The van der Waals surface area contributed by atoms with Crippen LogP contribution in [0, 0.1) is 0 Å². The molecule has 4 rings (SSSR count). The van der Waals surface area contributed by atoms with Crippen molar-refractivity contribution >= 4 is 28.3 Å². The number of aromatic nitrogens is 2. The van der Waals surface area contributed by atoms with Crippen molar-refractivity contribution in [3.63, 3.8) is 0 Å². The molecule has 0 radical (unpaired) electrons. The van der Waals surface area contributed by atoms with Crippen molar-refractivity contribution in [2.75, 3.05) is 31.2 Å². The van der Waals surface area contributed by atoms with Gasteiger partial charge in [0.15, 0.2) is 0 Å². The molecule has 1 aromatic carbocycles. The first-order chi connectivity index (χ1) is 11.3. The molecule has 1 saturated heterocycles. The second-order valence-electron chi connectivity index (χ2n) is 5.51. The molecule has 3 aromatic rings. The lowest BCUT2D eigenvalue weighted by Gasteiger charge is -2.29. The van der Waals surface area contributed by atoms with Crippen LogP contribution in [-0.4, -0.2) is 36.3 Å². The summed E-state index contributed by atoms with van der Waals surface area (Å²) in [5.41, 5.74) is 2.90. The van der Waals surface area contributed by atoms with Gasteiger partial charge in [-0.15, -0.1) is 0 Å². The fourth-order valence-electron chi connectivity index (χ4n) is 2.84. The van der Waals surface area contributed by atoms with Crippen LogP contribution in [0.25, 0.3) is 22.2 Å². The van der Waals surface area contributed by atoms with E-state index in [1.54, 1.807) is 0 Å². The molecule has 0 amide bonds. The Balaban J connectivity index is 1.87. The normalized spacial score (nSPS) is 15.1. The number of fused-ring (bicyclic) bond motifs is 1.